The SMILES string of the molecule is COC1CC(O)C12CCN(C(=O)CCCOc1ccccc1)CC2. The van der Waals surface area contributed by atoms with Crippen molar-refractivity contribution in [3.8, 4) is 5.75 Å². The molecule has 2 unspecified atom stereocenters. The molecule has 1 saturated heterocycles. The zero-order chi connectivity index (χ0) is 17.0. The van der Waals surface area contributed by atoms with Crippen LogP contribution in [-0.2, 0) is 9.53 Å². The quantitative estimate of drug-likeness (QED) is 0.811. The Morgan fingerprint density at radius 2 is 2.00 bits per heavy atom. The third-order valence-electron chi connectivity index (χ3n) is 5.62. The van der Waals surface area contributed by atoms with Crippen LogP contribution in [0.2, 0.25) is 0 Å². The summed E-state index contributed by atoms with van der Waals surface area (Å²) in [7, 11) is 1.71. The van der Waals surface area contributed by atoms with E-state index in [1.807, 2.05) is 35.2 Å². The number of likely N-dealkylation sites (tertiary alicyclic amines) is 1. The fraction of sp³-hybridized carbons (Fsp3) is 0.632. The second-order valence-corrected chi connectivity index (χ2v) is 6.85. The highest BCUT2D eigenvalue weighted by molar-refractivity contribution is 5.76. The molecule has 1 aromatic rings. The first-order valence-electron chi connectivity index (χ1n) is 8.82. The van der Waals surface area contributed by atoms with Gasteiger partial charge in [-0.25, -0.2) is 0 Å². The lowest BCUT2D eigenvalue weighted by molar-refractivity contribution is -0.202. The first-order chi connectivity index (χ1) is 11.7. The van der Waals surface area contributed by atoms with E-state index >= 15 is 0 Å². The van der Waals surface area contributed by atoms with Gasteiger partial charge >= 0.3 is 0 Å². The molecule has 2 aliphatic rings. The molecule has 0 radical (unpaired) electrons. The second-order valence-electron chi connectivity index (χ2n) is 6.85. The van der Waals surface area contributed by atoms with E-state index in [9.17, 15) is 9.90 Å². The van der Waals surface area contributed by atoms with Gasteiger partial charge < -0.3 is 19.5 Å². The molecule has 1 saturated carbocycles. The maximum atomic E-state index is 12.3. The van der Waals surface area contributed by atoms with Crippen LogP contribution in [0.5, 0.6) is 5.75 Å². The first-order valence-corrected chi connectivity index (χ1v) is 8.82. The van der Waals surface area contributed by atoms with Crippen LogP contribution < -0.4 is 4.74 Å². The molecule has 5 heteroatoms. The molecule has 1 spiro atoms. The fourth-order valence-corrected chi connectivity index (χ4v) is 3.97. The van der Waals surface area contributed by atoms with Crippen LogP contribution in [0.25, 0.3) is 0 Å². The van der Waals surface area contributed by atoms with E-state index in [0.29, 0.717) is 13.0 Å². The van der Waals surface area contributed by atoms with Crippen molar-refractivity contribution in [3.05, 3.63) is 30.3 Å². The van der Waals surface area contributed by atoms with Gasteiger partial charge in [0.25, 0.3) is 0 Å². The van der Waals surface area contributed by atoms with E-state index in [1.54, 1.807) is 7.11 Å². The van der Waals surface area contributed by atoms with E-state index in [4.69, 9.17) is 9.47 Å². The summed E-state index contributed by atoms with van der Waals surface area (Å²) in [6.07, 6.45) is 3.48. The highest BCUT2D eigenvalue weighted by atomic mass is 16.5. The number of aliphatic hydroxyl groups excluding tert-OH is 1. The molecule has 24 heavy (non-hydrogen) atoms. The molecule has 1 aliphatic heterocycles. The van der Waals surface area contributed by atoms with Crippen molar-refractivity contribution in [1.29, 1.82) is 0 Å². The number of methoxy groups -OCH3 is 1. The van der Waals surface area contributed by atoms with Crippen LogP contribution in [0.15, 0.2) is 30.3 Å². The van der Waals surface area contributed by atoms with E-state index in [-0.39, 0.29) is 23.5 Å². The molecule has 5 nitrogen and oxygen atoms in total. The Bertz CT molecular complexity index is 540. The number of carbonyl (C=O) groups is 1. The Hall–Kier alpha value is -1.59. The average molecular weight is 333 g/mol. The molecule has 0 bridgehead atoms. The molecule has 2 atom stereocenters. The summed E-state index contributed by atoms with van der Waals surface area (Å²) in [6.45, 7) is 1.99. The standard InChI is InChI=1S/C19H27NO4/c1-23-17-14-16(21)19(17)9-11-20(12-10-19)18(22)8-5-13-24-15-6-3-2-4-7-15/h2-4,6-7,16-17,21H,5,8-14H2,1H3. The molecule has 0 aromatic heterocycles. The van der Waals surface area contributed by atoms with Crippen LogP contribution in [0.4, 0.5) is 0 Å². The van der Waals surface area contributed by atoms with Crippen molar-refractivity contribution in [2.45, 2.75) is 44.3 Å². The number of carbonyl (C=O) groups excluding carboxylic acids is 1. The number of hydrogen-bond acceptors (Lipinski definition) is 4. The topological polar surface area (TPSA) is 59.0 Å². The van der Waals surface area contributed by atoms with Gasteiger partial charge in [0.2, 0.25) is 5.91 Å². The molecule has 1 heterocycles. The maximum Gasteiger partial charge on any atom is 0.222 e. The predicted molar refractivity (Wildman–Crippen MR) is 90.8 cm³/mol. The number of nitrogens with zero attached hydrogens (tertiary/aromatic N) is 1. The van der Waals surface area contributed by atoms with Gasteiger partial charge in [0.05, 0.1) is 18.8 Å². The first kappa shape index (κ1) is 17.2. The third-order valence-corrected chi connectivity index (χ3v) is 5.62. The van der Waals surface area contributed by atoms with Crippen LogP contribution in [-0.4, -0.2) is 54.9 Å². The number of para-hydroxylation sites is 1. The van der Waals surface area contributed by atoms with Gasteiger partial charge in [0.15, 0.2) is 0 Å². The maximum absolute atomic E-state index is 12.3. The molecule has 2 fully saturated rings. The molecule has 1 N–H and O–H groups in total. The van der Waals surface area contributed by atoms with Gasteiger partial charge in [-0.1, -0.05) is 18.2 Å². The summed E-state index contributed by atoms with van der Waals surface area (Å²) in [5.74, 6) is 1.03. The molecule has 3 rings (SSSR count). The molecule has 1 amide bonds. The number of hydrogen-bond donors (Lipinski definition) is 1. The summed E-state index contributed by atoms with van der Waals surface area (Å²) < 4.78 is 11.1. The van der Waals surface area contributed by atoms with Crippen molar-refractivity contribution < 1.29 is 19.4 Å². The van der Waals surface area contributed by atoms with Gasteiger partial charge in [0, 0.05) is 38.5 Å². The zero-order valence-corrected chi connectivity index (χ0v) is 14.3. The number of benzene rings is 1. The van der Waals surface area contributed by atoms with Crippen LogP contribution in [0.1, 0.15) is 32.1 Å². The lowest BCUT2D eigenvalue weighted by Crippen LogP contribution is -2.62. The minimum absolute atomic E-state index is 0.123. The minimum Gasteiger partial charge on any atom is -0.494 e. The van der Waals surface area contributed by atoms with Gasteiger partial charge in [-0.2, -0.15) is 0 Å². The highest BCUT2D eigenvalue weighted by Crippen LogP contribution is 2.50. The van der Waals surface area contributed by atoms with Gasteiger partial charge in [-0.3, -0.25) is 4.79 Å². The Morgan fingerprint density at radius 1 is 1.29 bits per heavy atom. The lowest BCUT2D eigenvalue weighted by atomic mass is 9.58. The second kappa shape index (κ2) is 7.53. The average Bonchev–Trinajstić information content (AvgIpc) is 2.64. The normalized spacial score (nSPS) is 25.3. The van der Waals surface area contributed by atoms with Crippen molar-refractivity contribution in [1.82, 2.24) is 4.90 Å². The Labute approximate surface area is 143 Å². The van der Waals surface area contributed by atoms with Crippen molar-refractivity contribution in [2.75, 3.05) is 26.8 Å². The Morgan fingerprint density at radius 3 is 2.62 bits per heavy atom. The Kier molecular flexibility index (Phi) is 5.41. The van der Waals surface area contributed by atoms with Gasteiger partial charge in [-0.05, 0) is 31.4 Å². The zero-order valence-electron chi connectivity index (χ0n) is 14.3. The third kappa shape index (κ3) is 3.42. The highest BCUT2D eigenvalue weighted by Gasteiger charge is 2.56. The van der Waals surface area contributed by atoms with Crippen LogP contribution in [0, 0.1) is 5.41 Å². The Balaban J connectivity index is 1.38. The van der Waals surface area contributed by atoms with Crippen LogP contribution in [0.3, 0.4) is 0 Å². The van der Waals surface area contributed by atoms with Crippen LogP contribution >= 0.6 is 0 Å². The predicted octanol–water partition coefficient (Wildman–Crippen LogP) is 2.23. The summed E-state index contributed by atoms with van der Waals surface area (Å²) in [5.41, 5.74) is -0.123. The molecule has 132 valence electrons. The summed E-state index contributed by atoms with van der Waals surface area (Å²) in [6, 6.07) is 9.66. The number of aliphatic hydroxyl groups is 1. The number of rotatable bonds is 6. The molecular formula is C19H27NO4. The van der Waals surface area contributed by atoms with Gasteiger partial charge in [0.1, 0.15) is 5.75 Å². The summed E-state index contributed by atoms with van der Waals surface area (Å²) in [5, 5.41) is 10.1. The smallest absolute Gasteiger partial charge is 0.222 e. The van der Waals surface area contributed by atoms with E-state index < -0.39 is 0 Å². The molecule has 1 aliphatic carbocycles. The van der Waals surface area contributed by atoms with E-state index in [1.165, 1.54) is 0 Å². The molecule has 1 aromatic carbocycles. The number of amides is 1. The van der Waals surface area contributed by atoms with Crippen molar-refractivity contribution in [2.24, 2.45) is 5.41 Å². The summed E-state index contributed by atoms with van der Waals surface area (Å²) >= 11 is 0. The number of ether oxygens (including phenoxy) is 2. The number of piperidine rings is 1. The van der Waals surface area contributed by atoms with E-state index in [0.717, 1.165) is 44.5 Å². The van der Waals surface area contributed by atoms with Crippen molar-refractivity contribution in [3.63, 3.8) is 0 Å². The molecular weight excluding hydrogens is 306 g/mol. The summed E-state index contributed by atoms with van der Waals surface area (Å²) in [4.78, 5) is 14.3. The minimum atomic E-state index is -0.279. The largest absolute Gasteiger partial charge is 0.494 e. The van der Waals surface area contributed by atoms with Gasteiger partial charge in [-0.15, -0.1) is 0 Å². The van der Waals surface area contributed by atoms with Crippen molar-refractivity contribution >= 4 is 5.91 Å². The lowest BCUT2D eigenvalue weighted by Gasteiger charge is -2.56. The monoisotopic (exact) mass is 333 g/mol. The van der Waals surface area contributed by atoms with E-state index in [2.05, 4.69) is 0 Å². The fourth-order valence-electron chi connectivity index (χ4n) is 3.97.